The summed E-state index contributed by atoms with van der Waals surface area (Å²) in [7, 11) is 0. The molecule has 0 spiro atoms. The van der Waals surface area contributed by atoms with Crippen LogP contribution in [0.2, 0.25) is 5.02 Å². The first-order valence-electron chi connectivity index (χ1n) is 6.83. The summed E-state index contributed by atoms with van der Waals surface area (Å²) in [6, 6.07) is 6.46. The number of fused-ring (bicyclic) bond motifs is 4. The molecule has 19 heavy (non-hydrogen) atoms. The lowest BCUT2D eigenvalue weighted by Gasteiger charge is -2.44. The Hall–Kier alpha value is -0.840. The summed E-state index contributed by atoms with van der Waals surface area (Å²) in [5.74, 6) is 0.820. The zero-order valence-corrected chi connectivity index (χ0v) is 12.2. The van der Waals surface area contributed by atoms with Gasteiger partial charge in [0, 0.05) is 17.6 Å². The fraction of sp³-hybridized carbons (Fsp3) is 0.500. The molecule has 3 nitrogen and oxygen atoms in total. The van der Waals surface area contributed by atoms with Crippen LogP contribution in [0.1, 0.15) is 12.8 Å². The monoisotopic (exact) mass is 293 g/mol. The molecule has 0 aliphatic carbocycles. The van der Waals surface area contributed by atoms with Crippen molar-refractivity contribution < 1.29 is 0 Å². The average molecular weight is 294 g/mol. The summed E-state index contributed by atoms with van der Waals surface area (Å²) in [4.78, 5) is 7.22. The highest BCUT2D eigenvalue weighted by molar-refractivity contribution is 7.22. The van der Waals surface area contributed by atoms with Crippen LogP contribution in [0.25, 0.3) is 10.2 Å². The Bertz CT molecular complexity index is 604. The van der Waals surface area contributed by atoms with Crippen molar-refractivity contribution in [2.24, 2.45) is 5.92 Å². The number of thiazole rings is 1. The van der Waals surface area contributed by atoms with Crippen molar-refractivity contribution in [2.45, 2.75) is 18.9 Å². The van der Waals surface area contributed by atoms with Crippen LogP contribution >= 0.6 is 22.9 Å². The van der Waals surface area contributed by atoms with Crippen molar-refractivity contribution in [3.05, 3.63) is 23.2 Å². The first-order valence-corrected chi connectivity index (χ1v) is 8.02. The molecule has 2 aromatic rings. The highest BCUT2D eigenvalue weighted by atomic mass is 35.5. The molecule has 3 aliphatic heterocycles. The number of nitrogens with zero attached hydrogens (tertiary/aromatic N) is 2. The Balaban J connectivity index is 1.58. The Morgan fingerprint density at radius 1 is 1.32 bits per heavy atom. The van der Waals surface area contributed by atoms with E-state index in [-0.39, 0.29) is 0 Å². The lowest BCUT2D eigenvalue weighted by Crippen LogP contribution is -2.53. The topological polar surface area (TPSA) is 28.2 Å². The maximum Gasteiger partial charge on any atom is 0.184 e. The molecule has 1 aromatic carbocycles. The van der Waals surface area contributed by atoms with Crippen LogP contribution in [0.3, 0.4) is 0 Å². The number of anilines is 1. The molecule has 0 radical (unpaired) electrons. The zero-order chi connectivity index (χ0) is 12.8. The third-order valence-corrected chi connectivity index (χ3v) is 5.50. The predicted octanol–water partition coefficient (Wildman–Crippen LogP) is 3.46. The van der Waals surface area contributed by atoms with Crippen LogP contribution in [-0.4, -0.2) is 35.6 Å². The average Bonchev–Trinajstić information content (AvgIpc) is 2.81. The van der Waals surface area contributed by atoms with Crippen molar-refractivity contribution in [1.29, 1.82) is 0 Å². The number of benzene rings is 1. The minimum absolute atomic E-state index is 0.568. The maximum atomic E-state index is 6.02. The Morgan fingerprint density at radius 3 is 2.89 bits per heavy atom. The van der Waals surface area contributed by atoms with Gasteiger partial charge in [-0.3, -0.25) is 0 Å². The molecular formula is C14H16ClN3S. The van der Waals surface area contributed by atoms with Crippen LogP contribution in [0.15, 0.2) is 18.2 Å². The minimum Gasteiger partial charge on any atom is -0.357 e. The number of hydrogen-bond acceptors (Lipinski definition) is 4. The molecule has 0 saturated carbocycles. The fourth-order valence-electron chi connectivity index (χ4n) is 3.25. The van der Waals surface area contributed by atoms with Crippen LogP contribution in [0, 0.1) is 5.92 Å². The van der Waals surface area contributed by atoms with E-state index in [4.69, 9.17) is 11.6 Å². The molecule has 1 unspecified atom stereocenters. The molecule has 5 heteroatoms. The van der Waals surface area contributed by atoms with Gasteiger partial charge in [0.2, 0.25) is 0 Å². The number of piperidine rings is 3. The summed E-state index contributed by atoms with van der Waals surface area (Å²) in [6.07, 6.45) is 2.66. The summed E-state index contributed by atoms with van der Waals surface area (Å²) >= 11 is 7.73. The van der Waals surface area contributed by atoms with Gasteiger partial charge in [-0.25, -0.2) is 4.98 Å². The van der Waals surface area contributed by atoms with Gasteiger partial charge in [0.15, 0.2) is 5.13 Å². The molecular weight excluding hydrogens is 278 g/mol. The van der Waals surface area contributed by atoms with Gasteiger partial charge in [0.1, 0.15) is 0 Å². The van der Waals surface area contributed by atoms with E-state index < -0.39 is 0 Å². The summed E-state index contributed by atoms with van der Waals surface area (Å²) in [5.41, 5.74) is 1.04. The summed E-state index contributed by atoms with van der Waals surface area (Å²) in [5, 5.41) is 5.46. The van der Waals surface area contributed by atoms with Crippen molar-refractivity contribution >= 4 is 38.3 Å². The molecule has 2 bridgehead atoms. The van der Waals surface area contributed by atoms with Crippen molar-refractivity contribution in [1.82, 2.24) is 9.88 Å². The lowest BCUT2D eigenvalue weighted by atomic mass is 9.84. The van der Waals surface area contributed by atoms with Crippen LogP contribution < -0.4 is 5.32 Å². The number of rotatable bonds is 2. The van der Waals surface area contributed by atoms with Gasteiger partial charge in [-0.2, -0.15) is 0 Å². The van der Waals surface area contributed by atoms with Crippen LogP contribution in [0.5, 0.6) is 0 Å². The van der Waals surface area contributed by atoms with Gasteiger partial charge in [0.05, 0.1) is 10.2 Å². The Morgan fingerprint density at radius 2 is 2.16 bits per heavy atom. The molecule has 3 fully saturated rings. The molecule has 0 amide bonds. The first kappa shape index (κ1) is 11.9. The molecule has 1 N–H and O–H groups in total. The minimum atomic E-state index is 0.568. The lowest BCUT2D eigenvalue weighted by molar-refractivity contribution is 0.0975. The SMILES string of the molecule is Clc1ccc2nc(NC3CN4CCC3CC4)sc2c1. The molecule has 3 aliphatic rings. The molecule has 100 valence electrons. The van der Waals surface area contributed by atoms with Crippen molar-refractivity contribution in [2.75, 3.05) is 25.0 Å². The van der Waals surface area contributed by atoms with E-state index in [1.807, 2.05) is 18.2 Å². The van der Waals surface area contributed by atoms with E-state index in [1.165, 1.54) is 32.5 Å². The maximum absolute atomic E-state index is 6.02. The van der Waals surface area contributed by atoms with Crippen molar-refractivity contribution in [3.63, 3.8) is 0 Å². The first-order chi connectivity index (χ1) is 9.28. The van der Waals surface area contributed by atoms with E-state index in [2.05, 4.69) is 15.2 Å². The van der Waals surface area contributed by atoms with E-state index in [0.29, 0.717) is 6.04 Å². The van der Waals surface area contributed by atoms with E-state index in [9.17, 15) is 0 Å². The number of halogens is 1. The van der Waals surface area contributed by atoms with Gasteiger partial charge in [-0.15, -0.1) is 0 Å². The standard InChI is InChI=1S/C14H16ClN3S/c15-10-1-2-11-13(7-10)19-14(16-11)17-12-8-18-5-3-9(12)4-6-18/h1-2,7,9,12H,3-6,8H2,(H,16,17). The quantitative estimate of drug-likeness (QED) is 0.919. The Kier molecular flexibility index (Phi) is 2.90. The second-order valence-corrected chi connectivity index (χ2v) is 6.99. The second-order valence-electron chi connectivity index (χ2n) is 5.52. The van der Waals surface area contributed by atoms with Gasteiger partial charge in [0.25, 0.3) is 0 Å². The number of hydrogen-bond donors (Lipinski definition) is 1. The smallest absolute Gasteiger partial charge is 0.184 e. The number of nitrogens with one attached hydrogen (secondary N) is 1. The molecule has 5 rings (SSSR count). The fourth-order valence-corrected chi connectivity index (χ4v) is 4.45. The largest absolute Gasteiger partial charge is 0.357 e. The molecule has 4 heterocycles. The molecule has 3 saturated heterocycles. The summed E-state index contributed by atoms with van der Waals surface area (Å²) < 4.78 is 1.16. The van der Waals surface area contributed by atoms with Crippen LogP contribution in [-0.2, 0) is 0 Å². The zero-order valence-electron chi connectivity index (χ0n) is 10.6. The Labute approximate surface area is 121 Å². The van der Waals surface area contributed by atoms with E-state index >= 15 is 0 Å². The highest BCUT2D eigenvalue weighted by Crippen LogP contribution is 2.33. The molecule has 1 aromatic heterocycles. The van der Waals surface area contributed by atoms with E-state index in [0.717, 1.165) is 26.3 Å². The number of aromatic nitrogens is 1. The van der Waals surface area contributed by atoms with Crippen LogP contribution in [0.4, 0.5) is 5.13 Å². The van der Waals surface area contributed by atoms with Gasteiger partial charge < -0.3 is 10.2 Å². The van der Waals surface area contributed by atoms with Gasteiger partial charge in [-0.05, 0) is 50.0 Å². The van der Waals surface area contributed by atoms with E-state index in [1.54, 1.807) is 11.3 Å². The van der Waals surface area contributed by atoms with Crippen molar-refractivity contribution in [3.8, 4) is 0 Å². The predicted molar refractivity (Wildman–Crippen MR) is 81.2 cm³/mol. The third kappa shape index (κ3) is 2.22. The molecule has 1 atom stereocenters. The third-order valence-electron chi connectivity index (χ3n) is 4.32. The van der Waals surface area contributed by atoms with Gasteiger partial charge in [-0.1, -0.05) is 22.9 Å². The highest BCUT2D eigenvalue weighted by Gasteiger charge is 2.34. The van der Waals surface area contributed by atoms with Gasteiger partial charge >= 0.3 is 0 Å². The summed E-state index contributed by atoms with van der Waals surface area (Å²) in [6.45, 7) is 3.72. The normalized spacial score (nSPS) is 29.8. The second kappa shape index (κ2) is 4.62.